The lowest BCUT2D eigenvalue weighted by Gasteiger charge is -2.02. The fourth-order valence-corrected chi connectivity index (χ4v) is 3.82. The van der Waals surface area contributed by atoms with E-state index in [-0.39, 0.29) is 11.6 Å². The van der Waals surface area contributed by atoms with Gasteiger partial charge >= 0.3 is 0 Å². The molecule has 7 nitrogen and oxygen atoms in total. The van der Waals surface area contributed by atoms with Crippen LogP contribution in [0.5, 0.6) is 0 Å². The summed E-state index contributed by atoms with van der Waals surface area (Å²) < 4.78 is 5.77. The number of aliphatic imine (C=N–C) groups is 1. The van der Waals surface area contributed by atoms with Crippen LogP contribution >= 0.6 is 11.8 Å². The summed E-state index contributed by atoms with van der Waals surface area (Å²) >= 11 is 1.23. The molecule has 2 aromatic carbocycles. The van der Waals surface area contributed by atoms with Crippen molar-refractivity contribution in [3.8, 4) is 11.3 Å². The first-order valence-corrected chi connectivity index (χ1v) is 9.92. The number of hydrogen-bond donors (Lipinski definition) is 1. The van der Waals surface area contributed by atoms with E-state index in [1.54, 1.807) is 30.3 Å². The molecule has 0 spiro atoms. The number of nitro benzene ring substituents is 1. The highest BCUT2D eigenvalue weighted by Gasteiger charge is 2.24. The first-order chi connectivity index (χ1) is 14.4. The van der Waals surface area contributed by atoms with E-state index in [1.807, 2.05) is 32.0 Å². The van der Waals surface area contributed by atoms with Crippen LogP contribution in [-0.2, 0) is 4.79 Å². The van der Waals surface area contributed by atoms with Gasteiger partial charge in [0, 0.05) is 23.8 Å². The molecular formula is C22H17N3O4S. The molecule has 1 aromatic heterocycles. The fourth-order valence-electron chi connectivity index (χ4n) is 3.01. The molecule has 0 aliphatic carbocycles. The molecule has 0 saturated carbocycles. The topological polar surface area (TPSA) is 97.7 Å². The minimum Gasteiger partial charge on any atom is -0.457 e. The maximum Gasteiger partial charge on any atom is 0.270 e. The van der Waals surface area contributed by atoms with E-state index in [2.05, 4.69) is 10.3 Å². The van der Waals surface area contributed by atoms with Gasteiger partial charge in [0.1, 0.15) is 11.5 Å². The number of carbonyl (C=O) groups excluding carboxylic acids is 1. The number of thioether (sulfide) groups is 1. The Morgan fingerprint density at radius 2 is 1.97 bits per heavy atom. The largest absolute Gasteiger partial charge is 0.457 e. The van der Waals surface area contributed by atoms with Crippen molar-refractivity contribution in [1.82, 2.24) is 5.32 Å². The number of nitrogens with zero attached hydrogens (tertiary/aromatic N) is 2. The molecule has 3 aromatic rings. The van der Waals surface area contributed by atoms with E-state index in [0.717, 1.165) is 16.8 Å². The van der Waals surface area contributed by atoms with Gasteiger partial charge in [0.25, 0.3) is 11.6 Å². The second-order valence-corrected chi connectivity index (χ2v) is 7.81. The SMILES string of the molecule is Cc1ccc(N=C2NC(=O)C(=Cc3ccc(-c4cccc([N+](=O)[O-])c4)o3)S2)c(C)c1. The van der Waals surface area contributed by atoms with Crippen LogP contribution in [-0.4, -0.2) is 16.0 Å². The first-order valence-electron chi connectivity index (χ1n) is 9.10. The second kappa shape index (κ2) is 8.00. The Kier molecular flexibility index (Phi) is 5.24. The lowest BCUT2D eigenvalue weighted by Crippen LogP contribution is -2.19. The predicted octanol–water partition coefficient (Wildman–Crippen LogP) is 5.36. The minimum atomic E-state index is -0.453. The quantitative estimate of drug-likeness (QED) is 0.349. The van der Waals surface area contributed by atoms with Gasteiger partial charge in [0.05, 0.1) is 15.5 Å². The van der Waals surface area contributed by atoms with Crippen LogP contribution < -0.4 is 5.32 Å². The summed E-state index contributed by atoms with van der Waals surface area (Å²) in [5, 5.41) is 14.2. The molecule has 0 unspecified atom stereocenters. The molecule has 150 valence electrons. The fraction of sp³-hybridized carbons (Fsp3) is 0.0909. The van der Waals surface area contributed by atoms with Crippen molar-refractivity contribution in [3.05, 3.63) is 86.5 Å². The zero-order chi connectivity index (χ0) is 21.3. The van der Waals surface area contributed by atoms with Crippen LogP contribution in [0.2, 0.25) is 0 Å². The highest BCUT2D eigenvalue weighted by Crippen LogP contribution is 2.31. The normalized spacial score (nSPS) is 16.3. The Balaban J connectivity index is 1.56. The number of non-ortho nitro benzene ring substituents is 1. The number of amides is 1. The Morgan fingerprint density at radius 1 is 1.13 bits per heavy atom. The van der Waals surface area contributed by atoms with Gasteiger partial charge in [0.15, 0.2) is 5.17 Å². The van der Waals surface area contributed by atoms with E-state index < -0.39 is 4.92 Å². The van der Waals surface area contributed by atoms with Crippen molar-refractivity contribution in [2.45, 2.75) is 13.8 Å². The zero-order valence-electron chi connectivity index (χ0n) is 16.2. The molecule has 1 amide bonds. The number of carbonyl (C=O) groups is 1. The zero-order valence-corrected chi connectivity index (χ0v) is 17.0. The summed E-state index contributed by atoms with van der Waals surface area (Å²) in [7, 11) is 0. The van der Waals surface area contributed by atoms with Crippen LogP contribution in [0.1, 0.15) is 16.9 Å². The molecule has 30 heavy (non-hydrogen) atoms. The standard InChI is InChI=1S/C22H17N3O4S/c1-13-6-8-18(14(2)10-13)23-22-24-21(26)20(30-22)12-17-7-9-19(29-17)15-4-3-5-16(11-15)25(27)28/h3-12H,1-2H3,(H,23,24,26). The van der Waals surface area contributed by atoms with E-state index in [9.17, 15) is 14.9 Å². The van der Waals surface area contributed by atoms with Gasteiger partial charge in [-0.15, -0.1) is 0 Å². The third-order valence-electron chi connectivity index (χ3n) is 4.47. The monoisotopic (exact) mass is 419 g/mol. The Morgan fingerprint density at radius 3 is 2.73 bits per heavy atom. The van der Waals surface area contributed by atoms with Crippen molar-refractivity contribution in [2.75, 3.05) is 0 Å². The number of rotatable bonds is 4. The molecule has 1 aliphatic heterocycles. The molecule has 8 heteroatoms. The maximum absolute atomic E-state index is 12.3. The molecule has 0 radical (unpaired) electrons. The van der Waals surface area contributed by atoms with E-state index in [1.165, 1.54) is 23.9 Å². The van der Waals surface area contributed by atoms with E-state index >= 15 is 0 Å². The van der Waals surface area contributed by atoms with Crippen molar-refractivity contribution < 1.29 is 14.1 Å². The van der Waals surface area contributed by atoms with E-state index in [4.69, 9.17) is 4.42 Å². The Hall–Kier alpha value is -3.65. The molecule has 1 N–H and O–H groups in total. The van der Waals surface area contributed by atoms with Crippen LogP contribution in [0.4, 0.5) is 11.4 Å². The Labute approximate surface area is 176 Å². The number of aryl methyl sites for hydroxylation is 2. The number of nitro groups is 1. The molecule has 1 saturated heterocycles. The van der Waals surface area contributed by atoms with Gasteiger partial charge in [-0.3, -0.25) is 14.9 Å². The van der Waals surface area contributed by atoms with Crippen molar-refractivity contribution in [3.63, 3.8) is 0 Å². The highest BCUT2D eigenvalue weighted by molar-refractivity contribution is 8.18. The van der Waals surface area contributed by atoms with Crippen molar-refractivity contribution in [1.29, 1.82) is 0 Å². The van der Waals surface area contributed by atoms with Gasteiger partial charge in [-0.25, -0.2) is 4.99 Å². The molecule has 0 atom stereocenters. The summed E-state index contributed by atoms with van der Waals surface area (Å²) in [5.41, 5.74) is 3.56. The van der Waals surface area contributed by atoms with Crippen LogP contribution in [0.15, 0.2) is 68.9 Å². The van der Waals surface area contributed by atoms with Crippen LogP contribution in [0.25, 0.3) is 17.4 Å². The summed E-state index contributed by atoms with van der Waals surface area (Å²) in [4.78, 5) is 27.8. The number of nitrogens with one attached hydrogen (secondary N) is 1. The van der Waals surface area contributed by atoms with Crippen molar-refractivity contribution in [2.24, 2.45) is 4.99 Å². The molecule has 2 heterocycles. The van der Waals surface area contributed by atoms with Gasteiger partial charge < -0.3 is 9.73 Å². The molecule has 1 fully saturated rings. The van der Waals surface area contributed by atoms with Crippen LogP contribution in [0.3, 0.4) is 0 Å². The van der Waals surface area contributed by atoms with Gasteiger partial charge in [-0.2, -0.15) is 0 Å². The summed E-state index contributed by atoms with van der Waals surface area (Å²) in [6, 6.07) is 15.6. The lowest BCUT2D eigenvalue weighted by molar-refractivity contribution is -0.384. The number of benzene rings is 2. The highest BCUT2D eigenvalue weighted by atomic mass is 32.2. The summed E-state index contributed by atoms with van der Waals surface area (Å²) in [5.74, 6) is 0.705. The first kappa shape index (κ1) is 19.7. The minimum absolute atomic E-state index is 0.0122. The average molecular weight is 419 g/mol. The molecule has 0 bridgehead atoms. The van der Waals surface area contributed by atoms with Gasteiger partial charge in [-0.05, 0) is 49.4 Å². The summed E-state index contributed by atoms with van der Waals surface area (Å²) in [6.45, 7) is 3.99. The molecule has 4 rings (SSSR count). The van der Waals surface area contributed by atoms with Crippen LogP contribution in [0, 0.1) is 24.0 Å². The number of amidine groups is 1. The third kappa shape index (κ3) is 4.18. The van der Waals surface area contributed by atoms with Gasteiger partial charge in [0.2, 0.25) is 0 Å². The average Bonchev–Trinajstić information content (AvgIpc) is 3.31. The predicted molar refractivity (Wildman–Crippen MR) is 118 cm³/mol. The molecule has 1 aliphatic rings. The van der Waals surface area contributed by atoms with Gasteiger partial charge in [-0.1, -0.05) is 29.8 Å². The third-order valence-corrected chi connectivity index (χ3v) is 5.38. The maximum atomic E-state index is 12.3. The second-order valence-electron chi connectivity index (χ2n) is 6.78. The Bertz CT molecular complexity index is 1230. The van der Waals surface area contributed by atoms with Crippen molar-refractivity contribution >= 4 is 40.3 Å². The number of furan rings is 1. The smallest absolute Gasteiger partial charge is 0.270 e. The summed E-state index contributed by atoms with van der Waals surface area (Å²) in [6.07, 6.45) is 1.63. The molecular weight excluding hydrogens is 402 g/mol. The number of hydrogen-bond acceptors (Lipinski definition) is 6. The van der Waals surface area contributed by atoms with E-state index in [0.29, 0.717) is 27.2 Å². The lowest BCUT2D eigenvalue weighted by atomic mass is 10.1.